The summed E-state index contributed by atoms with van der Waals surface area (Å²) in [5, 5.41) is 4.03. The maximum atomic E-state index is 11.9. The molecule has 0 bridgehead atoms. The Morgan fingerprint density at radius 2 is 2.00 bits per heavy atom. The zero-order valence-corrected chi connectivity index (χ0v) is 12.1. The van der Waals surface area contributed by atoms with Gasteiger partial charge in [0.05, 0.1) is 16.1 Å². The molecule has 1 aromatic carbocycles. The Hall–Kier alpha value is -2.46. The first-order valence-electron chi connectivity index (χ1n) is 6.41. The summed E-state index contributed by atoms with van der Waals surface area (Å²) in [4.78, 5) is 20.3. The van der Waals surface area contributed by atoms with Gasteiger partial charge in [-0.1, -0.05) is 23.7 Å². The van der Waals surface area contributed by atoms with E-state index in [0.29, 0.717) is 10.6 Å². The number of hydrogen-bond acceptors (Lipinski definition) is 3. The number of pyridine rings is 2. The highest BCUT2D eigenvalue weighted by molar-refractivity contribution is 6.30. The summed E-state index contributed by atoms with van der Waals surface area (Å²) in [6.45, 7) is 0. The van der Waals surface area contributed by atoms with Crippen LogP contribution in [0.3, 0.4) is 0 Å². The molecule has 4 nitrogen and oxygen atoms in total. The van der Waals surface area contributed by atoms with E-state index < -0.39 is 0 Å². The molecule has 0 radical (unpaired) electrons. The molecule has 2 aromatic heterocycles. The van der Waals surface area contributed by atoms with Crippen LogP contribution < -0.4 is 5.32 Å². The smallest absolute Gasteiger partial charge is 0.251 e. The van der Waals surface area contributed by atoms with Gasteiger partial charge in [0.1, 0.15) is 0 Å². The quantitative estimate of drug-likeness (QED) is 0.789. The van der Waals surface area contributed by atoms with Crippen LogP contribution in [0.25, 0.3) is 22.0 Å². The van der Waals surface area contributed by atoms with Crippen molar-refractivity contribution in [3.8, 4) is 11.1 Å². The van der Waals surface area contributed by atoms with Crippen molar-refractivity contribution in [2.75, 3.05) is 7.05 Å². The average molecular weight is 298 g/mol. The van der Waals surface area contributed by atoms with Crippen molar-refractivity contribution in [1.82, 2.24) is 15.3 Å². The predicted octanol–water partition coefficient (Wildman–Crippen LogP) is 3.31. The molecule has 3 aromatic rings. The molecule has 0 saturated heterocycles. The lowest BCUT2D eigenvalue weighted by atomic mass is 10.0. The lowest BCUT2D eigenvalue weighted by Gasteiger charge is -2.07. The number of carbonyl (C=O) groups is 1. The Morgan fingerprint density at radius 1 is 1.14 bits per heavy atom. The van der Waals surface area contributed by atoms with E-state index in [2.05, 4.69) is 15.3 Å². The van der Waals surface area contributed by atoms with Crippen molar-refractivity contribution >= 4 is 28.4 Å². The number of hydrogen-bond donors (Lipinski definition) is 1. The number of nitrogens with one attached hydrogen (secondary N) is 1. The summed E-state index contributed by atoms with van der Waals surface area (Å²) in [5.74, 6) is -0.125. The second-order valence-electron chi connectivity index (χ2n) is 4.56. The summed E-state index contributed by atoms with van der Waals surface area (Å²) in [7, 11) is 1.61. The summed E-state index contributed by atoms with van der Waals surface area (Å²) in [6, 6.07) is 9.31. The second-order valence-corrected chi connectivity index (χ2v) is 5.00. The number of aromatic nitrogens is 2. The first-order chi connectivity index (χ1) is 10.2. The van der Waals surface area contributed by atoms with E-state index in [1.807, 2.05) is 24.3 Å². The predicted molar refractivity (Wildman–Crippen MR) is 83.4 cm³/mol. The lowest BCUT2D eigenvalue weighted by molar-refractivity contribution is 0.0964. The highest BCUT2D eigenvalue weighted by Crippen LogP contribution is 2.26. The number of amides is 1. The number of fused-ring (bicyclic) bond motifs is 1. The third-order valence-electron chi connectivity index (χ3n) is 3.25. The molecule has 0 spiro atoms. The van der Waals surface area contributed by atoms with Gasteiger partial charge in [0, 0.05) is 36.6 Å². The molecular formula is C16H12ClN3O. The minimum absolute atomic E-state index is 0.125. The first-order valence-corrected chi connectivity index (χ1v) is 6.78. The molecule has 21 heavy (non-hydrogen) atoms. The van der Waals surface area contributed by atoms with Gasteiger partial charge >= 0.3 is 0 Å². The highest BCUT2D eigenvalue weighted by Gasteiger charge is 2.10. The van der Waals surface area contributed by atoms with Crippen molar-refractivity contribution < 1.29 is 4.79 Å². The second kappa shape index (κ2) is 5.50. The number of carbonyl (C=O) groups excluding carboxylic acids is 1. The number of nitrogens with zero attached hydrogens (tertiary/aromatic N) is 2. The van der Waals surface area contributed by atoms with E-state index in [1.54, 1.807) is 31.7 Å². The fourth-order valence-corrected chi connectivity index (χ4v) is 2.40. The van der Waals surface area contributed by atoms with Crippen LogP contribution in [0.5, 0.6) is 0 Å². The highest BCUT2D eigenvalue weighted by atomic mass is 35.5. The minimum Gasteiger partial charge on any atom is -0.355 e. The van der Waals surface area contributed by atoms with Gasteiger partial charge in [-0.2, -0.15) is 0 Å². The van der Waals surface area contributed by atoms with E-state index in [-0.39, 0.29) is 5.91 Å². The number of halogens is 1. The van der Waals surface area contributed by atoms with Gasteiger partial charge < -0.3 is 5.32 Å². The van der Waals surface area contributed by atoms with Gasteiger partial charge in [0.25, 0.3) is 5.91 Å². The van der Waals surface area contributed by atoms with Crippen molar-refractivity contribution in [2.45, 2.75) is 0 Å². The van der Waals surface area contributed by atoms with Gasteiger partial charge in [0.2, 0.25) is 0 Å². The molecule has 0 aliphatic carbocycles. The Balaban J connectivity index is 2.16. The van der Waals surface area contributed by atoms with E-state index in [4.69, 9.17) is 11.6 Å². The molecule has 2 heterocycles. The van der Waals surface area contributed by atoms with Crippen LogP contribution in [0.15, 0.2) is 48.9 Å². The standard InChI is InChI=1S/C16H12ClN3O/c1-18-16(21)14-4-5-20-15-7-10(2-3-13(14)15)11-6-12(17)9-19-8-11/h2-9H,1H3,(H,18,21). The molecule has 1 amide bonds. The zero-order valence-electron chi connectivity index (χ0n) is 11.3. The largest absolute Gasteiger partial charge is 0.355 e. The van der Waals surface area contributed by atoms with Gasteiger partial charge in [-0.3, -0.25) is 14.8 Å². The fraction of sp³-hybridized carbons (Fsp3) is 0.0625. The third-order valence-corrected chi connectivity index (χ3v) is 3.46. The van der Waals surface area contributed by atoms with Crippen molar-refractivity contribution in [3.63, 3.8) is 0 Å². The summed E-state index contributed by atoms with van der Waals surface area (Å²) < 4.78 is 0. The molecule has 3 rings (SSSR count). The molecule has 0 aliphatic heterocycles. The maximum absolute atomic E-state index is 11.9. The van der Waals surface area contributed by atoms with E-state index >= 15 is 0 Å². The third kappa shape index (κ3) is 2.58. The van der Waals surface area contributed by atoms with Crippen LogP contribution in [-0.2, 0) is 0 Å². The van der Waals surface area contributed by atoms with Crippen LogP contribution in [0.4, 0.5) is 0 Å². The van der Waals surface area contributed by atoms with Crippen molar-refractivity contribution in [2.24, 2.45) is 0 Å². The van der Waals surface area contributed by atoms with Gasteiger partial charge in [0.15, 0.2) is 0 Å². The normalized spacial score (nSPS) is 10.6. The van der Waals surface area contributed by atoms with Crippen molar-refractivity contribution in [1.29, 1.82) is 0 Å². The number of rotatable bonds is 2. The Kier molecular flexibility index (Phi) is 3.54. The Labute approximate surface area is 126 Å². The van der Waals surface area contributed by atoms with Crippen LogP contribution >= 0.6 is 11.6 Å². The van der Waals surface area contributed by atoms with Crippen molar-refractivity contribution in [3.05, 3.63) is 59.5 Å². The topological polar surface area (TPSA) is 54.9 Å². The van der Waals surface area contributed by atoms with Crippen LogP contribution in [0.2, 0.25) is 5.02 Å². The van der Waals surface area contributed by atoms with E-state index in [1.165, 1.54) is 0 Å². The average Bonchev–Trinajstić information content (AvgIpc) is 2.53. The van der Waals surface area contributed by atoms with Crippen LogP contribution in [0.1, 0.15) is 10.4 Å². The zero-order chi connectivity index (χ0) is 14.8. The van der Waals surface area contributed by atoms with E-state index in [9.17, 15) is 4.79 Å². The van der Waals surface area contributed by atoms with Gasteiger partial charge in [-0.15, -0.1) is 0 Å². The maximum Gasteiger partial charge on any atom is 0.251 e. The van der Waals surface area contributed by atoms with Gasteiger partial charge in [-0.25, -0.2) is 0 Å². The molecular weight excluding hydrogens is 286 g/mol. The molecule has 5 heteroatoms. The molecule has 104 valence electrons. The van der Waals surface area contributed by atoms with Crippen LogP contribution in [-0.4, -0.2) is 22.9 Å². The van der Waals surface area contributed by atoms with Crippen LogP contribution in [0, 0.1) is 0 Å². The van der Waals surface area contributed by atoms with Gasteiger partial charge in [-0.05, 0) is 23.8 Å². The fourth-order valence-electron chi connectivity index (χ4n) is 2.23. The summed E-state index contributed by atoms with van der Waals surface area (Å²) >= 11 is 5.97. The Morgan fingerprint density at radius 3 is 2.76 bits per heavy atom. The summed E-state index contributed by atoms with van der Waals surface area (Å²) in [5.41, 5.74) is 3.24. The first kappa shape index (κ1) is 13.5. The lowest BCUT2D eigenvalue weighted by Crippen LogP contribution is -2.18. The number of benzene rings is 1. The molecule has 0 atom stereocenters. The molecule has 1 N–H and O–H groups in total. The Bertz CT molecular complexity index is 833. The van der Waals surface area contributed by atoms with E-state index in [0.717, 1.165) is 22.0 Å². The monoisotopic (exact) mass is 297 g/mol. The molecule has 0 unspecified atom stereocenters. The SMILES string of the molecule is CNC(=O)c1ccnc2cc(-c3cncc(Cl)c3)ccc12. The molecule has 0 saturated carbocycles. The molecule has 0 fully saturated rings. The minimum atomic E-state index is -0.125. The summed E-state index contributed by atoms with van der Waals surface area (Å²) in [6.07, 6.45) is 4.97. The molecule has 0 aliphatic rings.